The van der Waals surface area contributed by atoms with Crippen LogP contribution in [0.2, 0.25) is 0 Å². The molecule has 6 heteroatoms. The van der Waals surface area contributed by atoms with Gasteiger partial charge >= 0.3 is 0 Å². The largest absolute Gasteiger partial charge is 0.349 e. The van der Waals surface area contributed by atoms with Crippen LogP contribution in [0, 0.1) is 11.8 Å². The molecule has 0 aromatic carbocycles. The lowest BCUT2D eigenvalue weighted by Gasteiger charge is -2.15. The van der Waals surface area contributed by atoms with Crippen LogP contribution in [0.15, 0.2) is 4.52 Å². The van der Waals surface area contributed by atoms with E-state index in [0.717, 1.165) is 19.4 Å². The average Bonchev–Trinajstić information content (AvgIpc) is 3.04. The van der Waals surface area contributed by atoms with Crippen molar-refractivity contribution in [1.82, 2.24) is 20.8 Å². The predicted molar refractivity (Wildman–Crippen MR) is 70.6 cm³/mol. The highest BCUT2D eigenvalue weighted by atomic mass is 16.5. The normalized spacial score (nSPS) is 20.7. The summed E-state index contributed by atoms with van der Waals surface area (Å²) in [7, 11) is 0. The summed E-state index contributed by atoms with van der Waals surface area (Å²) in [6.07, 6.45) is 2.08. The Bertz CT molecular complexity index is 424. The van der Waals surface area contributed by atoms with Crippen LogP contribution in [0.3, 0.4) is 0 Å². The van der Waals surface area contributed by atoms with Crippen LogP contribution < -0.4 is 10.6 Å². The Hall–Kier alpha value is -1.43. The monoisotopic (exact) mass is 266 g/mol. The van der Waals surface area contributed by atoms with E-state index in [0.29, 0.717) is 24.3 Å². The highest BCUT2D eigenvalue weighted by Crippen LogP contribution is 2.20. The molecular weight excluding hydrogens is 244 g/mol. The Morgan fingerprint density at radius 2 is 2.32 bits per heavy atom. The van der Waals surface area contributed by atoms with Crippen molar-refractivity contribution in [2.45, 2.75) is 39.7 Å². The van der Waals surface area contributed by atoms with Crippen LogP contribution in [-0.4, -0.2) is 29.1 Å². The maximum absolute atomic E-state index is 11.9. The van der Waals surface area contributed by atoms with Crippen LogP contribution in [0.5, 0.6) is 0 Å². The summed E-state index contributed by atoms with van der Waals surface area (Å²) in [5.41, 5.74) is 0. The average molecular weight is 266 g/mol. The molecule has 0 spiro atoms. The van der Waals surface area contributed by atoms with Crippen LogP contribution in [-0.2, 0) is 0 Å². The molecular formula is C13H22N4O2. The first-order valence-electron chi connectivity index (χ1n) is 6.93. The quantitative estimate of drug-likeness (QED) is 0.844. The highest BCUT2D eigenvalue weighted by Gasteiger charge is 2.24. The Morgan fingerprint density at radius 3 is 2.95 bits per heavy atom. The fourth-order valence-corrected chi connectivity index (χ4v) is 1.93. The van der Waals surface area contributed by atoms with Gasteiger partial charge in [-0.05, 0) is 31.2 Å². The SMILES string of the molecule is CC(C)C(C)CNC(=O)c1noc(C2CCCN2)n1. The minimum Gasteiger partial charge on any atom is -0.349 e. The molecule has 1 aromatic rings. The van der Waals surface area contributed by atoms with Crippen LogP contribution in [0.25, 0.3) is 0 Å². The summed E-state index contributed by atoms with van der Waals surface area (Å²) < 4.78 is 5.14. The van der Waals surface area contributed by atoms with E-state index in [1.54, 1.807) is 0 Å². The minimum atomic E-state index is -0.263. The summed E-state index contributed by atoms with van der Waals surface area (Å²) >= 11 is 0. The fraction of sp³-hybridized carbons (Fsp3) is 0.769. The first kappa shape index (κ1) is 14.0. The van der Waals surface area contributed by atoms with Crippen molar-refractivity contribution >= 4 is 5.91 Å². The van der Waals surface area contributed by atoms with Crippen molar-refractivity contribution in [3.05, 3.63) is 11.7 Å². The molecule has 106 valence electrons. The number of rotatable bonds is 5. The third-order valence-electron chi connectivity index (χ3n) is 3.73. The molecule has 1 aliphatic rings. The number of carbonyl (C=O) groups is 1. The molecule has 19 heavy (non-hydrogen) atoms. The number of carbonyl (C=O) groups excluding carboxylic acids is 1. The second kappa shape index (κ2) is 6.14. The van der Waals surface area contributed by atoms with Gasteiger partial charge in [0.2, 0.25) is 5.89 Å². The molecule has 1 fully saturated rings. The Kier molecular flexibility index (Phi) is 4.52. The summed E-state index contributed by atoms with van der Waals surface area (Å²) in [6, 6.07) is 0.101. The van der Waals surface area contributed by atoms with E-state index in [9.17, 15) is 4.79 Å². The van der Waals surface area contributed by atoms with E-state index in [-0.39, 0.29) is 17.8 Å². The van der Waals surface area contributed by atoms with Gasteiger partial charge in [-0.2, -0.15) is 4.98 Å². The minimum absolute atomic E-state index is 0.101. The molecule has 0 aliphatic carbocycles. The number of hydrogen-bond acceptors (Lipinski definition) is 5. The van der Waals surface area contributed by atoms with E-state index in [4.69, 9.17) is 4.52 Å². The van der Waals surface area contributed by atoms with Crippen molar-refractivity contribution < 1.29 is 9.32 Å². The topological polar surface area (TPSA) is 80.0 Å². The molecule has 1 amide bonds. The third-order valence-corrected chi connectivity index (χ3v) is 3.73. The second-order valence-corrected chi connectivity index (χ2v) is 5.54. The lowest BCUT2D eigenvalue weighted by atomic mass is 9.98. The molecule has 1 aromatic heterocycles. The molecule has 0 saturated carbocycles. The first-order chi connectivity index (χ1) is 9.08. The number of hydrogen-bond donors (Lipinski definition) is 2. The van der Waals surface area contributed by atoms with E-state index in [2.05, 4.69) is 41.5 Å². The van der Waals surface area contributed by atoms with Gasteiger partial charge in [0.1, 0.15) is 0 Å². The second-order valence-electron chi connectivity index (χ2n) is 5.54. The highest BCUT2D eigenvalue weighted by molar-refractivity contribution is 5.90. The van der Waals surface area contributed by atoms with Gasteiger partial charge in [-0.25, -0.2) is 0 Å². The molecule has 2 heterocycles. The summed E-state index contributed by atoms with van der Waals surface area (Å²) in [4.78, 5) is 16.0. The maximum atomic E-state index is 11.9. The van der Waals surface area contributed by atoms with E-state index >= 15 is 0 Å². The molecule has 2 atom stereocenters. The summed E-state index contributed by atoms with van der Waals surface area (Å²) in [6.45, 7) is 7.96. The molecule has 1 saturated heterocycles. The van der Waals surface area contributed by atoms with Gasteiger partial charge in [-0.3, -0.25) is 4.79 Å². The van der Waals surface area contributed by atoms with Crippen LogP contribution in [0.1, 0.15) is 56.2 Å². The zero-order chi connectivity index (χ0) is 13.8. The Labute approximate surface area is 113 Å². The summed E-state index contributed by atoms with van der Waals surface area (Å²) in [5.74, 6) is 1.33. The van der Waals surface area contributed by atoms with E-state index in [1.165, 1.54) is 0 Å². The van der Waals surface area contributed by atoms with Crippen LogP contribution in [0.4, 0.5) is 0 Å². The number of amides is 1. The summed E-state index contributed by atoms with van der Waals surface area (Å²) in [5, 5.41) is 9.85. The van der Waals surface area contributed by atoms with Crippen molar-refractivity contribution in [3.63, 3.8) is 0 Å². The molecule has 2 rings (SSSR count). The van der Waals surface area contributed by atoms with Gasteiger partial charge in [0, 0.05) is 6.54 Å². The standard InChI is InChI=1S/C13H22N4O2/c1-8(2)9(3)7-15-12(18)11-16-13(19-17-11)10-5-4-6-14-10/h8-10,14H,4-7H2,1-3H3,(H,15,18). The first-order valence-corrected chi connectivity index (χ1v) is 6.93. The maximum Gasteiger partial charge on any atom is 0.292 e. The fourth-order valence-electron chi connectivity index (χ4n) is 1.93. The Balaban J connectivity index is 1.89. The van der Waals surface area contributed by atoms with Crippen molar-refractivity contribution in [2.24, 2.45) is 11.8 Å². The zero-order valence-corrected chi connectivity index (χ0v) is 11.8. The molecule has 1 aliphatic heterocycles. The third kappa shape index (κ3) is 3.53. The zero-order valence-electron chi connectivity index (χ0n) is 11.8. The molecule has 2 N–H and O–H groups in total. The smallest absolute Gasteiger partial charge is 0.292 e. The van der Waals surface area contributed by atoms with Gasteiger partial charge < -0.3 is 15.2 Å². The van der Waals surface area contributed by atoms with Gasteiger partial charge in [0.15, 0.2) is 0 Å². The van der Waals surface area contributed by atoms with Crippen LogP contribution >= 0.6 is 0 Å². The Morgan fingerprint density at radius 1 is 1.53 bits per heavy atom. The van der Waals surface area contributed by atoms with E-state index in [1.807, 2.05) is 0 Å². The number of aromatic nitrogens is 2. The van der Waals surface area contributed by atoms with Gasteiger partial charge in [-0.15, -0.1) is 0 Å². The molecule has 0 radical (unpaired) electrons. The van der Waals surface area contributed by atoms with Crippen molar-refractivity contribution in [2.75, 3.05) is 13.1 Å². The number of nitrogens with one attached hydrogen (secondary N) is 2. The lowest BCUT2D eigenvalue weighted by Crippen LogP contribution is -2.30. The number of nitrogens with zero attached hydrogens (tertiary/aromatic N) is 2. The molecule has 0 bridgehead atoms. The van der Waals surface area contributed by atoms with Gasteiger partial charge in [0.05, 0.1) is 6.04 Å². The molecule has 2 unspecified atom stereocenters. The van der Waals surface area contributed by atoms with Gasteiger partial charge in [0.25, 0.3) is 11.7 Å². The van der Waals surface area contributed by atoms with Crippen molar-refractivity contribution in [3.8, 4) is 0 Å². The van der Waals surface area contributed by atoms with Crippen molar-refractivity contribution in [1.29, 1.82) is 0 Å². The van der Waals surface area contributed by atoms with E-state index < -0.39 is 0 Å². The predicted octanol–water partition coefficient (Wildman–Crippen LogP) is 1.52. The molecule has 6 nitrogen and oxygen atoms in total. The van der Waals surface area contributed by atoms with Gasteiger partial charge in [-0.1, -0.05) is 25.9 Å². The lowest BCUT2D eigenvalue weighted by molar-refractivity contribution is 0.0931.